The molecule has 4 aromatic rings. The van der Waals surface area contributed by atoms with Crippen LogP contribution in [0.25, 0.3) is 10.8 Å². The van der Waals surface area contributed by atoms with Crippen molar-refractivity contribution in [1.29, 1.82) is 0 Å². The average molecular weight is 473 g/mol. The summed E-state index contributed by atoms with van der Waals surface area (Å²) >= 11 is 0. The summed E-state index contributed by atoms with van der Waals surface area (Å²) < 4.78 is 7.54. The number of rotatable bonds is 7. The molecule has 1 aliphatic heterocycles. The second kappa shape index (κ2) is 9.57. The number of nitrogens with zero attached hydrogens (tertiary/aromatic N) is 6. The third kappa shape index (κ3) is 4.59. The van der Waals surface area contributed by atoms with Gasteiger partial charge < -0.3 is 25.3 Å². The normalized spacial score (nSPS) is 13.4. The van der Waals surface area contributed by atoms with Crippen molar-refractivity contribution in [3.05, 3.63) is 65.6 Å². The van der Waals surface area contributed by atoms with Gasteiger partial charge in [0.15, 0.2) is 0 Å². The Bertz CT molecular complexity index is 1360. The van der Waals surface area contributed by atoms with Crippen molar-refractivity contribution in [2.24, 2.45) is 0 Å². The molecule has 1 amide bonds. The van der Waals surface area contributed by atoms with Crippen molar-refractivity contribution in [3.8, 4) is 5.75 Å². The largest absolute Gasteiger partial charge is 0.496 e. The zero-order chi connectivity index (χ0) is 24.4. The summed E-state index contributed by atoms with van der Waals surface area (Å²) in [5, 5.41) is 4.60. The van der Waals surface area contributed by atoms with Crippen LogP contribution in [0.2, 0.25) is 0 Å². The topological polar surface area (TPSA) is 124 Å². The number of anilines is 2. The van der Waals surface area contributed by atoms with E-state index in [1.165, 1.54) is 12.8 Å². The van der Waals surface area contributed by atoms with Crippen molar-refractivity contribution in [3.63, 3.8) is 0 Å². The minimum absolute atomic E-state index is 0.260. The van der Waals surface area contributed by atoms with Gasteiger partial charge in [0.1, 0.15) is 23.1 Å². The van der Waals surface area contributed by atoms with Crippen molar-refractivity contribution in [1.82, 2.24) is 29.8 Å². The number of amides is 1. The first-order chi connectivity index (χ1) is 17.0. The number of nitrogen functional groups attached to an aromatic ring is 1. The van der Waals surface area contributed by atoms with E-state index >= 15 is 0 Å². The van der Waals surface area contributed by atoms with Crippen molar-refractivity contribution >= 4 is 28.4 Å². The van der Waals surface area contributed by atoms with E-state index in [0.29, 0.717) is 23.8 Å². The van der Waals surface area contributed by atoms with E-state index in [2.05, 4.69) is 30.2 Å². The number of pyridine rings is 1. The number of fused-ring (bicyclic) bond motifs is 1. The number of methoxy groups -OCH3 is 1. The lowest BCUT2D eigenvalue weighted by Crippen LogP contribution is -2.23. The van der Waals surface area contributed by atoms with Gasteiger partial charge in [-0.2, -0.15) is 0 Å². The van der Waals surface area contributed by atoms with Gasteiger partial charge in [0.05, 0.1) is 13.7 Å². The smallest absolute Gasteiger partial charge is 0.271 e. The van der Waals surface area contributed by atoms with E-state index in [4.69, 9.17) is 10.5 Å². The van der Waals surface area contributed by atoms with Crippen LogP contribution in [-0.4, -0.2) is 50.6 Å². The standard InChI is InChI=1S/C25H28N8O2/c1-16-31-21(15-33(16)14-17-11-29-25(30-12-17)32-9-3-4-10-32)24(34)28-13-18-5-6-20-19(22(18)35-2)7-8-27-23(20)26/h5-8,11-12,15H,3-4,9-10,13-14H2,1-2H3,(H2,26,27)(H,28,34). The number of nitrogens with one attached hydrogen (secondary N) is 1. The first-order valence-electron chi connectivity index (χ1n) is 11.6. The fourth-order valence-electron chi connectivity index (χ4n) is 4.43. The molecule has 3 N–H and O–H groups in total. The van der Waals surface area contributed by atoms with Crippen LogP contribution in [0.3, 0.4) is 0 Å². The minimum atomic E-state index is -0.260. The van der Waals surface area contributed by atoms with Gasteiger partial charge in [-0.15, -0.1) is 0 Å². The molecule has 0 atom stereocenters. The Kier molecular flexibility index (Phi) is 6.17. The number of hydrogen-bond donors (Lipinski definition) is 2. The Hall–Kier alpha value is -4.21. The molecule has 10 heteroatoms. The molecular formula is C25H28N8O2. The lowest BCUT2D eigenvalue weighted by molar-refractivity contribution is 0.0946. The Morgan fingerprint density at radius 1 is 1.11 bits per heavy atom. The SMILES string of the molecule is COc1c(CNC(=O)c2cn(Cc3cnc(N4CCCC4)nc3)c(C)n2)ccc2c(N)nccc12. The monoisotopic (exact) mass is 472 g/mol. The van der Waals surface area contributed by atoms with Crippen molar-refractivity contribution in [2.45, 2.75) is 32.9 Å². The molecule has 0 radical (unpaired) electrons. The molecule has 1 fully saturated rings. The molecule has 1 saturated heterocycles. The maximum Gasteiger partial charge on any atom is 0.271 e. The number of hydrogen-bond acceptors (Lipinski definition) is 8. The number of nitrogens with two attached hydrogens (primary N) is 1. The van der Waals surface area contributed by atoms with Crippen molar-refractivity contribution < 1.29 is 9.53 Å². The average Bonchev–Trinajstić information content (AvgIpc) is 3.53. The highest BCUT2D eigenvalue weighted by molar-refractivity contribution is 5.96. The number of aryl methyl sites for hydroxylation is 1. The Labute approximate surface area is 203 Å². The van der Waals surface area contributed by atoms with Crippen LogP contribution in [0.4, 0.5) is 11.8 Å². The highest BCUT2D eigenvalue weighted by Crippen LogP contribution is 2.31. The molecule has 180 valence electrons. The molecule has 35 heavy (non-hydrogen) atoms. The molecule has 4 heterocycles. The molecule has 10 nitrogen and oxygen atoms in total. The molecule has 0 unspecified atom stereocenters. The van der Waals surface area contributed by atoms with Crippen LogP contribution in [0.5, 0.6) is 5.75 Å². The summed E-state index contributed by atoms with van der Waals surface area (Å²) in [6, 6.07) is 5.62. The van der Waals surface area contributed by atoms with Gasteiger partial charge >= 0.3 is 0 Å². The van der Waals surface area contributed by atoms with E-state index in [0.717, 1.165) is 46.8 Å². The van der Waals surface area contributed by atoms with Gasteiger partial charge in [0.2, 0.25) is 5.95 Å². The van der Waals surface area contributed by atoms with Crippen LogP contribution in [0.15, 0.2) is 43.0 Å². The van der Waals surface area contributed by atoms with E-state index < -0.39 is 0 Å². The van der Waals surface area contributed by atoms with E-state index in [1.54, 1.807) is 19.5 Å². The van der Waals surface area contributed by atoms with E-state index in [-0.39, 0.29) is 12.5 Å². The number of carbonyl (C=O) groups excluding carboxylic acids is 1. The molecule has 0 bridgehead atoms. The summed E-state index contributed by atoms with van der Waals surface area (Å²) in [6.07, 6.45) is 9.45. The van der Waals surface area contributed by atoms with Crippen molar-refractivity contribution in [2.75, 3.05) is 30.8 Å². The zero-order valence-corrected chi connectivity index (χ0v) is 19.9. The number of carbonyl (C=O) groups is 1. The molecule has 3 aromatic heterocycles. The number of ether oxygens (including phenoxy) is 1. The quantitative estimate of drug-likeness (QED) is 0.421. The summed E-state index contributed by atoms with van der Waals surface area (Å²) in [5.74, 6) is 2.36. The van der Waals surface area contributed by atoms with Gasteiger partial charge in [0, 0.05) is 66.3 Å². The van der Waals surface area contributed by atoms with E-state index in [1.807, 2.05) is 42.1 Å². The molecular weight excluding hydrogens is 444 g/mol. The highest BCUT2D eigenvalue weighted by Gasteiger charge is 2.17. The molecule has 0 saturated carbocycles. The van der Waals surface area contributed by atoms with Crippen LogP contribution >= 0.6 is 0 Å². The van der Waals surface area contributed by atoms with Gasteiger partial charge in [0.25, 0.3) is 5.91 Å². The zero-order valence-electron chi connectivity index (χ0n) is 19.9. The second-order valence-electron chi connectivity index (χ2n) is 8.62. The summed E-state index contributed by atoms with van der Waals surface area (Å²) in [4.78, 5) is 32.7. The predicted octanol–water partition coefficient (Wildman–Crippen LogP) is 2.70. The summed E-state index contributed by atoms with van der Waals surface area (Å²) in [5.41, 5.74) is 8.12. The third-order valence-corrected chi connectivity index (χ3v) is 6.29. The molecule has 5 rings (SSSR count). The minimum Gasteiger partial charge on any atom is -0.496 e. The first-order valence-corrected chi connectivity index (χ1v) is 11.6. The number of aromatic nitrogens is 5. The lowest BCUT2D eigenvalue weighted by atomic mass is 10.1. The molecule has 1 aromatic carbocycles. The number of imidazole rings is 1. The predicted molar refractivity (Wildman–Crippen MR) is 133 cm³/mol. The van der Waals surface area contributed by atoms with Gasteiger partial charge in [-0.05, 0) is 25.8 Å². The fraction of sp³-hybridized carbons (Fsp3) is 0.320. The van der Waals surface area contributed by atoms with Gasteiger partial charge in [-0.25, -0.2) is 19.9 Å². The lowest BCUT2D eigenvalue weighted by Gasteiger charge is -2.14. The highest BCUT2D eigenvalue weighted by atomic mass is 16.5. The Balaban J connectivity index is 1.26. The van der Waals surface area contributed by atoms with Crippen LogP contribution in [-0.2, 0) is 13.1 Å². The molecule has 1 aliphatic rings. The molecule has 0 aliphatic carbocycles. The van der Waals surface area contributed by atoms with Gasteiger partial charge in [-0.1, -0.05) is 12.1 Å². The third-order valence-electron chi connectivity index (χ3n) is 6.29. The maximum atomic E-state index is 12.9. The summed E-state index contributed by atoms with van der Waals surface area (Å²) in [7, 11) is 1.60. The molecule has 0 spiro atoms. The van der Waals surface area contributed by atoms with Crippen LogP contribution in [0.1, 0.15) is 40.3 Å². The summed E-state index contributed by atoms with van der Waals surface area (Å²) in [6.45, 7) is 4.73. The van der Waals surface area contributed by atoms with Crippen LogP contribution in [0, 0.1) is 6.92 Å². The van der Waals surface area contributed by atoms with E-state index in [9.17, 15) is 4.79 Å². The van der Waals surface area contributed by atoms with Crippen LogP contribution < -0.4 is 20.7 Å². The fourth-order valence-corrected chi connectivity index (χ4v) is 4.43. The number of benzene rings is 1. The Morgan fingerprint density at radius 3 is 2.63 bits per heavy atom. The first kappa shape index (κ1) is 22.6. The maximum absolute atomic E-state index is 12.9. The second-order valence-corrected chi connectivity index (χ2v) is 8.62. The van der Waals surface area contributed by atoms with Gasteiger partial charge in [-0.3, -0.25) is 4.79 Å². The Morgan fingerprint density at radius 2 is 1.89 bits per heavy atom.